The lowest BCUT2D eigenvalue weighted by molar-refractivity contribution is -0.124. The highest BCUT2D eigenvalue weighted by Gasteiger charge is 2.50. The van der Waals surface area contributed by atoms with Gasteiger partial charge in [0.05, 0.1) is 6.54 Å². The van der Waals surface area contributed by atoms with Crippen LogP contribution in [0.15, 0.2) is 18.2 Å². The van der Waals surface area contributed by atoms with Gasteiger partial charge in [0.2, 0.25) is 5.91 Å². The van der Waals surface area contributed by atoms with Crippen molar-refractivity contribution in [2.45, 2.75) is 32.8 Å². The maximum atomic E-state index is 13.7. The van der Waals surface area contributed by atoms with E-state index in [1.54, 1.807) is 0 Å². The van der Waals surface area contributed by atoms with Crippen LogP contribution in [0.3, 0.4) is 0 Å². The molecular formula is C15H19F2NO2. The van der Waals surface area contributed by atoms with Crippen molar-refractivity contribution in [2.75, 3.05) is 6.54 Å². The van der Waals surface area contributed by atoms with Crippen molar-refractivity contribution in [1.29, 1.82) is 0 Å². The lowest BCUT2D eigenvalue weighted by Gasteiger charge is -2.25. The van der Waals surface area contributed by atoms with Crippen LogP contribution in [0, 0.1) is 23.0 Å². The fourth-order valence-corrected chi connectivity index (χ4v) is 2.32. The third-order valence-electron chi connectivity index (χ3n) is 3.95. The van der Waals surface area contributed by atoms with Crippen LogP contribution in [0.2, 0.25) is 0 Å². The number of rotatable bonds is 4. The molecule has 2 rings (SSSR count). The van der Waals surface area contributed by atoms with E-state index in [0.29, 0.717) is 0 Å². The highest BCUT2D eigenvalue weighted by Crippen LogP contribution is 2.51. The second-order valence-corrected chi connectivity index (χ2v) is 6.36. The Kier molecular flexibility index (Phi) is 3.58. The lowest BCUT2D eigenvalue weighted by Crippen LogP contribution is -2.40. The van der Waals surface area contributed by atoms with Gasteiger partial charge in [-0.1, -0.05) is 19.9 Å². The molecule has 1 saturated carbocycles. The first kappa shape index (κ1) is 14.9. The summed E-state index contributed by atoms with van der Waals surface area (Å²) in [5.41, 5.74) is -1.61. The largest absolute Gasteiger partial charge is 0.383 e. The van der Waals surface area contributed by atoms with Crippen LogP contribution >= 0.6 is 0 Å². The third kappa shape index (κ3) is 2.98. The number of benzene rings is 1. The summed E-state index contributed by atoms with van der Waals surface area (Å²) in [6.45, 7) is 5.27. The SMILES string of the molecule is CC(O)(CNC(=O)C1CC1(C)C)c1ccc(F)cc1F. The predicted octanol–water partition coefficient (Wildman–Crippen LogP) is 2.33. The molecule has 0 aromatic heterocycles. The molecule has 0 radical (unpaired) electrons. The molecule has 2 atom stereocenters. The molecule has 0 bridgehead atoms. The van der Waals surface area contributed by atoms with Crippen LogP contribution in [-0.2, 0) is 10.4 Å². The predicted molar refractivity (Wildman–Crippen MR) is 70.8 cm³/mol. The Morgan fingerprint density at radius 2 is 2.10 bits per heavy atom. The van der Waals surface area contributed by atoms with Gasteiger partial charge in [-0.15, -0.1) is 0 Å². The van der Waals surface area contributed by atoms with Crippen molar-refractivity contribution in [3.8, 4) is 0 Å². The van der Waals surface area contributed by atoms with Crippen molar-refractivity contribution in [2.24, 2.45) is 11.3 Å². The molecule has 20 heavy (non-hydrogen) atoms. The van der Waals surface area contributed by atoms with Gasteiger partial charge in [-0.3, -0.25) is 4.79 Å². The number of hydrogen-bond acceptors (Lipinski definition) is 2. The van der Waals surface area contributed by atoms with Gasteiger partial charge in [0.1, 0.15) is 17.2 Å². The molecule has 2 N–H and O–H groups in total. The summed E-state index contributed by atoms with van der Waals surface area (Å²) in [7, 11) is 0. The van der Waals surface area contributed by atoms with Crippen LogP contribution in [0.4, 0.5) is 8.78 Å². The van der Waals surface area contributed by atoms with E-state index in [9.17, 15) is 18.7 Å². The van der Waals surface area contributed by atoms with E-state index in [1.807, 2.05) is 13.8 Å². The van der Waals surface area contributed by atoms with Gasteiger partial charge in [0.25, 0.3) is 0 Å². The number of hydrogen-bond donors (Lipinski definition) is 2. The zero-order valence-corrected chi connectivity index (χ0v) is 11.8. The van der Waals surface area contributed by atoms with E-state index >= 15 is 0 Å². The maximum absolute atomic E-state index is 13.7. The molecule has 110 valence electrons. The van der Waals surface area contributed by atoms with E-state index in [1.165, 1.54) is 13.0 Å². The minimum atomic E-state index is -1.58. The maximum Gasteiger partial charge on any atom is 0.223 e. The summed E-state index contributed by atoms with van der Waals surface area (Å²) in [4.78, 5) is 11.9. The molecule has 5 heteroatoms. The second kappa shape index (κ2) is 4.81. The Labute approximate surface area is 117 Å². The van der Waals surface area contributed by atoms with E-state index in [2.05, 4.69) is 5.32 Å². The molecule has 0 aliphatic heterocycles. The quantitative estimate of drug-likeness (QED) is 0.891. The van der Waals surface area contributed by atoms with Crippen LogP contribution in [-0.4, -0.2) is 17.6 Å². The first-order chi connectivity index (χ1) is 9.13. The number of nitrogens with one attached hydrogen (secondary N) is 1. The molecule has 2 unspecified atom stereocenters. The average Bonchev–Trinajstić information content (AvgIpc) is 2.95. The summed E-state index contributed by atoms with van der Waals surface area (Å²) in [5, 5.41) is 12.9. The molecule has 1 aromatic rings. The van der Waals surface area contributed by atoms with Crippen molar-refractivity contribution in [3.05, 3.63) is 35.4 Å². The van der Waals surface area contributed by atoms with Crippen LogP contribution in [0.25, 0.3) is 0 Å². The zero-order chi connectivity index (χ0) is 15.1. The van der Waals surface area contributed by atoms with Crippen molar-refractivity contribution in [3.63, 3.8) is 0 Å². The van der Waals surface area contributed by atoms with Gasteiger partial charge in [0, 0.05) is 17.5 Å². The smallest absolute Gasteiger partial charge is 0.223 e. The Morgan fingerprint density at radius 1 is 1.50 bits per heavy atom. The fourth-order valence-electron chi connectivity index (χ4n) is 2.32. The second-order valence-electron chi connectivity index (χ2n) is 6.36. The fraction of sp³-hybridized carbons (Fsp3) is 0.533. The minimum absolute atomic E-state index is 0.00291. The molecular weight excluding hydrogens is 264 g/mol. The van der Waals surface area contributed by atoms with E-state index < -0.39 is 17.2 Å². The van der Waals surface area contributed by atoms with Crippen LogP contribution in [0.5, 0.6) is 0 Å². The number of carbonyl (C=O) groups is 1. The molecule has 0 heterocycles. The molecule has 1 aliphatic rings. The topological polar surface area (TPSA) is 49.3 Å². The van der Waals surface area contributed by atoms with E-state index in [-0.39, 0.29) is 29.3 Å². The lowest BCUT2D eigenvalue weighted by atomic mass is 9.95. The zero-order valence-electron chi connectivity index (χ0n) is 11.8. The van der Waals surface area contributed by atoms with Crippen LogP contribution in [0.1, 0.15) is 32.8 Å². The monoisotopic (exact) mass is 283 g/mol. The Morgan fingerprint density at radius 3 is 2.60 bits per heavy atom. The third-order valence-corrected chi connectivity index (χ3v) is 3.95. The van der Waals surface area contributed by atoms with Gasteiger partial charge in [-0.05, 0) is 24.8 Å². The summed E-state index contributed by atoms with van der Waals surface area (Å²) < 4.78 is 26.5. The first-order valence-corrected chi connectivity index (χ1v) is 6.59. The molecule has 1 amide bonds. The van der Waals surface area contributed by atoms with Gasteiger partial charge in [-0.25, -0.2) is 8.78 Å². The number of amides is 1. The summed E-state index contributed by atoms with van der Waals surface area (Å²) in [6.07, 6.45) is 0.811. The average molecular weight is 283 g/mol. The number of halogens is 2. The van der Waals surface area contributed by atoms with Crippen molar-refractivity contribution < 1.29 is 18.7 Å². The van der Waals surface area contributed by atoms with E-state index in [4.69, 9.17) is 0 Å². The summed E-state index contributed by atoms with van der Waals surface area (Å²) >= 11 is 0. The highest BCUT2D eigenvalue weighted by atomic mass is 19.1. The van der Waals surface area contributed by atoms with Gasteiger partial charge in [-0.2, -0.15) is 0 Å². The summed E-state index contributed by atoms with van der Waals surface area (Å²) in [5.74, 6) is -1.73. The Bertz CT molecular complexity index is 541. The standard InChI is InChI=1S/C15H19F2NO2/c1-14(2)7-11(14)13(19)18-8-15(3,20)10-5-4-9(16)6-12(10)17/h4-6,11,20H,7-8H2,1-3H3,(H,18,19). The molecule has 1 fully saturated rings. The van der Waals surface area contributed by atoms with E-state index in [0.717, 1.165) is 18.6 Å². The van der Waals surface area contributed by atoms with Gasteiger partial charge in [0.15, 0.2) is 0 Å². The molecule has 3 nitrogen and oxygen atoms in total. The van der Waals surface area contributed by atoms with Crippen molar-refractivity contribution >= 4 is 5.91 Å². The number of aliphatic hydroxyl groups is 1. The van der Waals surface area contributed by atoms with Crippen LogP contribution < -0.4 is 5.32 Å². The Hall–Kier alpha value is -1.49. The minimum Gasteiger partial charge on any atom is -0.383 e. The molecule has 0 saturated heterocycles. The van der Waals surface area contributed by atoms with Gasteiger partial charge < -0.3 is 10.4 Å². The first-order valence-electron chi connectivity index (χ1n) is 6.59. The molecule has 0 spiro atoms. The summed E-state index contributed by atoms with van der Waals surface area (Å²) in [6, 6.07) is 2.99. The Balaban J connectivity index is 2.02. The van der Waals surface area contributed by atoms with Crippen molar-refractivity contribution in [1.82, 2.24) is 5.32 Å². The normalized spacial score (nSPS) is 23.0. The molecule has 1 aromatic carbocycles. The van der Waals surface area contributed by atoms with Gasteiger partial charge >= 0.3 is 0 Å². The molecule has 1 aliphatic carbocycles. The highest BCUT2D eigenvalue weighted by molar-refractivity contribution is 5.82. The number of carbonyl (C=O) groups excluding carboxylic acids is 1.